The van der Waals surface area contributed by atoms with E-state index in [4.69, 9.17) is 5.73 Å². The number of carbonyl (C=O) groups is 1. The third-order valence-corrected chi connectivity index (χ3v) is 2.67. The van der Waals surface area contributed by atoms with Crippen LogP contribution in [0.15, 0.2) is 24.4 Å². The molecule has 0 saturated heterocycles. The van der Waals surface area contributed by atoms with Crippen molar-refractivity contribution in [2.24, 2.45) is 5.73 Å². The fourth-order valence-electron chi connectivity index (χ4n) is 1.74. The minimum Gasteiger partial charge on any atom is -0.323 e. The van der Waals surface area contributed by atoms with Crippen molar-refractivity contribution in [3.63, 3.8) is 0 Å². The highest BCUT2D eigenvalue weighted by molar-refractivity contribution is 6.02. The highest BCUT2D eigenvalue weighted by Crippen LogP contribution is 2.20. The molecule has 0 aliphatic rings. The number of hydrogen-bond acceptors (Lipinski definition) is 3. The Balaban J connectivity index is 2.18. The van der Waals surface area contributed by atoms with Crippen molar-refractivity contribution < 1.29 is 4.79 Å². The summed E-state index contributed by atoms with van der Waals surface area (Å²) in [4.78, 5) is 11.8. The number of aromatic nitrogens is 2. The second-order valence-electron chi connectivity index (χ2n) is 4.02. The summed E-state index contributed by atoms with van der Waals surface area (Å²) >= 11 is 0. The van der Waals surface area contributed by atoms with Crippen LogP contribution in [-0.2, 0) is 4.79 Å². The second kappa shape index (κ2) is 4.97. The Morgan fingerprint density at radius 1 is 1.59 bits per heavy atom. The summed E-state index contributed by atoms with van der Waals surface area (Å²) in [6.07, 6.45) is 3.30. The van der Waals surface area contributed by atoms with Gasteiger partial charge in [0.05, 0.1) is 23.4 Å². The van der Waals surface area contributed by atoms with Crippen LogP contribution in [0.25, 0.3) is 10.9 Å². The molecule has 1 amide bonds. The van der Waals surface area contributed by atoms with Gasteiger partial charge in [-0.05, 0) is 12.5 Å². The number of carbonyl (C=O) groups excluding carboxylic acids is 1. The molecule has 0 saturated carbocycles. The van der Waals surface area contributed by atoms with Crippen LogP contribution in [-0.4, -0.2) is 22.1 Å². The monoisotopic (exact) mass is 232 g/mol. The Morgan fingerprint density at radius 2 is 2.41 bits per heavy atom. The van der Waals surface area contributed by atoms with E-state index in [0.29, 0.717) is 6.42 Å². The van der Waals surface area contributed by atoms with Crippen molar-refractivity contribution >= 4 is 22.5 Å². The number of benzene rings is 1. The molecule has 0 fully saturated rings. The number of nitrogens with one attached hydrogen (secondary N) is 2. The third kappa shape index (κ3) is 2.45. The van der Waals surface area contributed by atoms with E-state index >= 15 is 0 Å². The number of amides is 1. The molecule has 0 aliphatic carbocycles. The first-order chi connectivity index (χ1) is 8.22. The van der Waals surface area contributed by atoms with Gasteiger partial charge < -0.3 is 11.1 Å². The van der Waals surface area contributed by atoms with Crippen molar-refractivity contribution in [2.75, 3.05) is 5.32 Å². The van der Waals surface area contributed by atoms with Gasteiger partial charge in [0.2, 0.25) is 5.91 Å². The summed E-state index contributed by atoms with van der Waals surface area (Å²) in [5.41, 5.74) is 7.30. The number of nitrogens with two attached hydrogens (primary N) is 1. The smallest absolute Gasteiger partial charge is 0.241 e. The minimum atomic E-state index is -0.460. The maximum absolute atomic E-state index is 11.8. The van der Waals surface area contributed by atoms with Gasteiger partial charge in [-0.2, -0.15) is 5.10 Å². The van der Waals surface area contributed by atoms with E-state index < -0.39 is 6.04 Å². The molecule has 0 bridgehead atoms. The topological polar surface area (TPSA) is 83.8 Å². The SMILES string of the molecule is CCC[C@@H](N)C(=O)Nc1cccc2cn[nH]c12. The number of anilines is 1. The van der Waals surface area contributed by atoms with E-state index in [1.165, 1.54) is 0 Å². The first-order valence-corrected chi connectivity index (χ1v) is 5.71. The first kappa shape index (κ1) is 11.6. The number of rotatable bonds is 4. The molecule has 5 heteroatoms. The van der Waals surface area contributed by atoms with E-state index in [2.05, 4.69) is 15.5 Å². The summed E-state index contributed by atoms with van der Waals surface area (Å²) in [5.74, 6) is -0.158. The van der Waals surface area contributed by atoms with E-state index in [9.17, 15) is 4.79 Å². The Kier molecular flexibility index (Phi) is 3.39. The molecule has 2 rings (SSSR count). The molecule has 0 radical (unpaired) electrons. The lowest BCUT2D eigenvalue weighted by Crippen LogP contribution is -2.35. The summed E-state index contributed by atoms with van der Waals surface area (Å²) in [6, 6.07) is 5.18. The predicted octanol–water partition coefficient (Wildman–Crippen LogP) is 1.63. The van der Waals surface area contributed by atoms with Crippen LogP contribution < -0.4 is 11.1 Å². The van der Waals surface area contributed by atoms with Gasteiger partial charge in [0.25, 0.3) is 0 Å². The van der Waals surface area contributed by atoms with E-state index in [1.807, 2.05) is 25.1 Å². The molecule has 1 aromatic carbocycles. The van der Waals surface area contributed by atoms with E-state index in [1.54, 1.807) is 6.20 Å². The summed E-state index contributed by atoms with van der Waals surface area (Å²) in [7, 11) is 0. The molecule has 17 heavy (non-hydrogen) atoms. The van der Waals surface area contributed by atoms with Gasteiger partial charge in [0.1, 0.15) is 0 Å². The van der Waals surface area contributed by atoms with Crippen LogP contribution in [0.5, 0.6) is 0 Å². The van der Waals surface area contributed by atoms with Crippen LogP contribution in [0.4, 0.5) is 5.69 Å². The number of aromatic amines is 1. The normalized spacial score (nSPS) is 12.6. The van der Waals surface area contributed by atoms with Crippen LogP contribution >= 0.6 is 0 Å². The Hall–Kier alpha value is -1.88. The molecule has 0 unspecified atom stereocenters. The first-order valence-electron chi connectivity index (χ1n) is 5.71. The van der Waals surface area contributed by atoms with Crippen LogP contribution in [0.2, 0.25) is 0 Å². The summed E-state index contributed by atoms with van der Waals surface area (Å²) in [6.45, 7) is 2.00. The number of hydrogen-bond donors (Lipinski definition) is 3. The molecular formula is C12H16N4O. The highest BCUT2D eigenvalue weighted by atomic mass is 16.2. The van der Waals surface area contributed by atoms with Crippen molar-refractivity contribution in [3.05, 3.63) is 24.4 Å². The van der Waals surface area contributed by atoms with Gasteiger partial charge in [0.15, 0.2) is 0 Å². The van der Waals surface area contributed by atoms with E-state index in [-0.39, 0.29) is 5.91 Å². The van der Waals surface area contributed by atoms with Crippen molar-refractivity contribution in [1.29, 1.82) is 0 Å². The Bertz CT molecular complexity index is 520. The van der Waals surface area contributed by atoms with Crippen LogP contribution in [0.1, 0.15) is 19.8 Å². The molecule has 5 nitrogen and oxygen atoms in total. The lowest BCUT2D eigenvalue weighted by Gasteiger charge is -2.11. The average Bonchev–Trinajstić information content (AvgIpc) is 2.78. The fourth-order valence-corrected chi connectivity index (χ4v) is 1.74. The third-order valence-electron chi connectivity index (χ3n) is 2.67. The molecule has 0 aliphatic heterocycles. The van der Waals surface area contributed by atoms with Gasteiger partial charge in [-0.1, -0.05) is 25.5 Å². The largest absolute Gasteiger partial charge is 0.323 e. The van der Waals surface area contributed by atoms with Crippen LogP contribution in [0, 0.1) is 0 Å². The van der Waals surface area contributed by atoms with Crippen LogP contribution in [0.3, 0.4) is 0 Å². The quantitative estimate of drug-likeness (QED) is 0.749. The molecule has 0 spiro atoms. The standard InChI is InChI=1S/C12H16N4O/c1-2-4-9(13)12(17)15-10-6-3-5-8-7-14-16-11(8)10/h3,5-7,9H,2,4,13H2,1H3,(H,14,16)(H,15,17)/t9-/m1/s1. The number of H-pyrrole nitrogens is 1. The second-order valence-corrected chi connectivity index (χ2v) is 4.02. The molecule has 2 aromatic rings. The molecule has 1 atom stereocenters. The maximum atomic E-state index is 11.8. The molecule has 4 N–H and O–H groups in total. The lowest BCUT2D eigenvalue weighted by atomic mass is 10.1. The maximum Gasteiger partial charge on any atom is 0.241 e. The zero-order valence-corrected chi connectivity index (χ0v) is 9.73. The summed E-state index contributed by atoms with van der Waals surface area (Å²) < 4.78 is 0. The van der Waals surface area contributed by atoms with Crippen molar-refractivity contribution in [1.82, 2.24) is 10.2 Å². The highest BCUT2D eigenvalue weighted by Gasteiger charge is 2.13. The molecule has 1 aromatic heterocycles. The number of fused-ring (bicyclic) bond motifs is 1. The van der Waals surface area contributed by atoms with Gasteiger partial charge in [-0.15, -0.1) is 0 Å². The molecular weight excluding hydrogens is 216 g/mol. The zero-order chi connectivity index (χ0) is 12.3. The molecule has 1 heterocycles. The van der Waals surface area contributed by atoms with Crippen molar-refractivity contribution in [2.45, 2.75) is 25.8 Å². The lowest BCUT2D eigenvalue weighted by molar-refractivity contribution is -0.117. The fraction of sp³-hybridized carbons (Fsp3) is 0.333. The number of para-hydroxylation sites is 1. The van der Waals surface area contributed by atoms with Crippen molar-refractivity contribution in [3.8, 4) is 0 Å². The molecule has 90 valence electrons. The van der Waals surface area contributed by atoms with Gasteiger partial charge in [0, 0.05) is 5.39 Å². The Labute approximate surface area is 99.4 Å². The van der Waals surface area contributed by atoms with Gasteiger partial charge in [-0.25, -0.2) is 0 Å². The average molecular weight is 232 g/mol. The predicted molar refractivity (Wildman–Crippen MR) is 67.6 cm³/mol. The van der Waals surface area contributed by atoms with Gasteiger partial charge in [-0.3, -0.25) is 9.89 Å². The minimum absolute atomic E-state index is 0.158. The zero-order valence-electron chi connectivity index (χ0n) is 9.73. The Morgan fingerprint density at radius 3 is 3.18 bits per heavy atom. The van der Waals surface area contributed by atoms with Gasteiger partial charge >= 0.3 is 0 Å². The van der Waals surface area contributed by atoms with E-state index in [0.717, 1.165) is 23.0 Å². The number of nitrogens with zero attached hydrogens (tertiary/aromatic N) is 1. The summed E-state index contributed by atoms with van der Waals surface area (Å²) in [5, 5.41) is 10.6.